The molecule has 29 heavy (non-hydrogen) atoms. The maximum absolute atomic E-state index is 13.4. The van der Waals surface area contributed by atoms with Gasteiger partial charge >= 0.3 is 0 Å². The molecule has 1 aliphatic carbocycles. The first-order valence-corrected chi connectivity index (χ1v) is 9.87. The second-order valence-electron chi connectivity index (χ2n) is 8.47. The number of amides is 2. The SMILES string of the molecule is C=CC(=O)N1CCN(c2nccnc2C(=O)N2CC3(CC(C(C)(F)F)C3)C2)CC1. The third-order valence-corrected chi connectivity index (χ3v) is 6.36. The number of likely N-dealkylation sites (tertiary alicyclic amines) is 1. The predicted octanol–water partition coefficient (Wildman–Crippen LogP) is 1.82. The van der Waals surface area contributed by atoms with Gasteiger partial charge in [0.15, 0.2) is 11.5 Å². The Morgan fingerprint density at radius 2 is 1.76 bits per heavy atom. The number of rotatable bonds is 4. The van der Waals surface area contributed by atoms with Gasteiger partial charge in [-0.1, -0.05) is 6.58 Å². The predicted molar refractivity (Wildman–Crippen MR) is 103 cm³/mol. The summed E-state index contributed by atoms with van der Waals surface area (Å²) in [5.74, 6) is -3.04. The molecule has 2 saturated heterocycles. The third kappa shape index (κ3) is 3.58. The molecule has 1 aromatic heterocycles. The number of halogens is 2. The quantitative estimate of drug-likeness (QED) is 0.715. The van der Waals surface area contributed by atoms with E-state index < -0.39 is 11.8 Å². The Labute approximate surface area is 168 Å². The number of alkyl halides is 2. The van der Waals surface area contributed by atoms with E-state index in [1.54, 1.807) is 16.0 Å². The molecular weight excluding hydrogens is 380 g/mol. The standard InChI is InChI=1S/C20H25F2N5O2/c1-3-15(28)25-6-8-26(9-7-25)17-16(23-4-5-24-17)18(29)27-12-20(13-27)10-14(11-20)19(2,21)22/h3-5,14H,1,6-13H2,2H3. The zero-order valence-corrected chi connectivity index (χ0v) is 16.5. The molecule has 1 saturated carbocycles. The summed E-state index contributed by atoms with van der Waals surface area (Å²) in [5, 5.41) is 0. The molecule has 0 bridgehead atoms. The largest absolute Gasteiger partial charge is 0.351 e. The van der Waals surface area contributed by atoms with Crippen molar-refractivity contribution in [3.05, 3.63) is 30.7 Å². The van der Waals surface area contributed by atoms with E-state index in [0.29, 0.717) is 57.9 Å². The van der Waals surface area contributed by atoms with Gasteiger partial charge in [-0.05, 0) is 25.8 Å². The van der Waals surface area contributed by atoms with Gasteiger partial charge in [-0.3, -0.25) is 9.59 Å². The van der Waals surface area contributed by atoms with Crippen molar-refractivity contribution in [3.63, 3.8) is 0 Å². The van der Waals surface area contributed by atoms with E-state index in [0.717, 1.165) is 6.92 Å². The highest BCUT2D eigenvalue weighted by atomic mass is 19.3. The Hall–Kier alpha value is -2.58. The van der Waals surface area contributed by atoms with Crippen LogP contribution in [0.2, 0.25) is 0 Å². The van der Waals surface area contributed by atoms with Crippen molar-refractivity contribution in [1.82, 2.24) is 19.8 Å². The molecular formula is C20H25F2N5O2. The van der Waals surface area contributed by atoms with Gasteiger partial charge in [0, 0.05) is 63.0 Å². The van der Waals surface area contributed by atoms with Gasteiger partial charge in [0.1, 0.15) is 0 Å². The highest BCUT2D eigenvalue weighted by molar-refractivity contribution is 5.97. The van der Waals surface area contributed by atoms with E-state index in [9.17, 15) is 18.4 Å². The molecule has 1 aromatic rings. The Morgan fingerprint density at radius 3 is 2.34 bits per heavy atom. The van der Waals surface area contributed by atoms with E-state index in [1.807, 2.05) is 4.90 Å². The fraction of sp³-hybridized carbons (Fsp3) is 0.600. The van der Waals surface area contributed by atoms with Crippen LogP contribution in [0.5, 0.6) is 0 Å². The van der Waals surface area contributed by atoms with Crippen molar-refractivity contribution in [3.8, 4) is 0 Å². The van der Waals surface area contributed by atoms with Crippen LogP contribution in [0, 0.1) is 11.3 Å². The topological polar surface area (TPSA) is 69.6 Å². The van der Waals surface area contributed by atoms with Gasteiger partial charge in [-0.2, -0.15) is 0 Å². The maximum atomic E-state index is 13.4. The van der Waals surface area contributed by atoms with Crippen molar-refractivity contribution in [2.75, 3.05) is 44.2 Å². The lowest BCUT2D eigenvalue weighted by Crippen LogP contribution is -2.65. The van der Waals surface area contributed by atoms with E-state index in [2.05, 4.69) is 16.5 Å². The molecule has 0 radical (unpaired) electrons. The molecule has 0 atom stereocenters. The lowest BCUT2D eigenvalue weighted by molar-refractivity contribution is -0.163. The Morgan fingerprint density at radius 1 is 1.14 bits per heavy atom. The van der Waals surface area contributed by atoms with E-state index in [-0.39, 0.29) is 22.9 Å². The van der Waals surface area contributed by atoms with E-state index in [4.69, 9.17) is 0 Å². The molecule has 2 aliphatic heterocycles. The zero-order chi connectivity index (χ0) is 20.8. The normalized spacial score (nSPS) is 21.6. The fourth-order valence-corrected chi connectivity index (χ4v) is 4.64. The molecule has 3 heterocycles. The van der Waals surface area contributed by atoms with Crippen LogP contribution in [0.1, 0.15) is 30.3 Å². The summed E-state index contributed by atoms with van der Waals surface area (Å²) in [6.07, 6.45) is 5.26. The van der Waals surface area contributed by atoms with Crippen LogP contribution < -0.4 is 4.90 Å². The number of hydrogen-bond acceptors (Lipinski definition) is 5. The molecule has 1 spiro atoms. The van der Waals surface area contributed by atoms with Crippen molar-refractivity contribution in [1.29, 1.82) is 0 Å². The van der Waals surface area contributed by atoms with Crippen molar-refractivity contribution in [2.24, 2.45) is 11.3 Å². The number of piperazine rings is 1. The van der Waals surface area contributed by atoms with E-state index in [1.165, 1.54) is 12.3 Å². The molecule has 4 rings (SSSR count). The molecule has 2 amide bonds. The second kappa shape index (κ2) is 7.03. The van der Waals surface area contributed by atoms with Gasteiger partial charge in [0.2, 0.25) is 11.8 Å². The number of carbonyl (C=O) groups excluding carboxylic acids is 2. The van der Waals surface area contributed by atoms with Gasteiger partial charge in [-0.15, -0.1) is 0 Å². The van der Waals surface area contributed by atoms with Crippen molar-refractivity contribution < 1.29 is 18.4 Å². The molecule has 0 N–H and O–H groups in total. The van der Waals surface area contributed by atoms with E-state index >= 15 is 0 Å². The van der Waals surface area contributed by atoms with Crippen LogP contribution in [0.15, 0.2) is 25.0 Å². The molecule has 0 aromatic carbocycles. The van der Waals surface area contributed by atoms with Crippen molar-refractivity contribution in [2.45, 2.75) is 25.7 Å². The smallest absolute Gasteiger partial charge is 0.276 e. The minimum Gasteiger partial charge on any atom is -0.351 e. The molecule has 3 fully saturated rings. The average Bonchev–Trinajstić information content (AvgIpc) is 2.64. The maximum Gasteiger partial charge on any atom is 0.276 e. The van der Waals surface area contributed by atoms with Crippen LogP contribution >= 0.6 is 0 Å². The first-order valence-electron chi connectivity index (χ1n) is 9.87. The summed E-state index contributed by atoms with van der Waals surface area (Å²) in [7, 11) is 0. The second-order valence-corrected chi connectivity index (χ2v) is 8.47. The molecule has 7 nitrogen and oxygen atoms in total. The van der Waals surface area contributed by atoms with Crippen molar-refractivity contribution >= 4 is 17.6 Å². The zero-order valence-electron chi connectivity index (χ0n) is 16.5. The number of anilines is 1. The summed E-state index contributed by atoms with van der Waals surface area (Å²) in [4.78, 5) is 38.7. The summed E-state index contributed by atoms with van der Waals surface area (Å²) in [5.41, 5.74) is 0.126. The van der Waals surface area contributed by atoms with Crippen LogP contribution in [0.4, 0.5) is 14.6 Å². The number of carbonyl (C=O) groups is 2. The highest BCUT2D eigenvalue weighted by Crippen LogP contribution is 2.56. The molecule has 156 valence electrons. The lowest BCUT2D eigenvalue weighted by atomic mass is 9.56. The van der Waals surface area contributed by atoms with Crippen LogP contribution in [0.25, 0.3) is 0 Å². The van der Waals surface area contributed by atoms with Crippen LogP contribution in [-0.2, 0) is 4.79 Å². The minimum atomic E-state index is -2.65. The Balaban J connectivity index is 1.39. The summed E-state index contributed by atoms with van der Waals surface area (Å²) in [6, 6.07) is 0. The number of nitrogens with zero attached hydrogens (tertiary/aromatic N) is 5. The number of aromatic nitrogens is 2. The van der Waals surface area contributed by atoms with Gasteiger partial charge in [-0.25, -0.2) is 18.7 Å². The lowest BCUT2D eigenvalue weighted by Gasteiger charge is -2.59. The Bertz CT molecular complexity index is 818. The fourth-order valence-electron chi connectivity index (χ4n) is 4.64. The van der Waals surface area contributed by atoms with Crippen LogP contribution in [0.3, 0.4) is 0 Å². The summed E-state index contributed by atoms with van der Waals surface area (Å²) in [6.45, 7) is 7.62. The molecule has 0 unspecified atom stereocenters. The first-order chi connectivity index (χ1) is 13.7. The first kappa shape index (κ1) is 19.7. The number of hydrogen-bond donors (Lipinski definition) is 0. The summed E-state index contributed by atoms with van der Waals surface area (Å²) < 4.78 is 26.8. The van der Waals surface area contributed by atoms with Gasteiger partial charge < -0.3 is 14.7 Å². The minimum absolute atomic E-state index is 0.109. The molecule has 3 aliphatic rings. The van der Waals surface area contributed by atoms with Crippen LogP contribution in [-0.4, -0.2) is 76.8 Å². The monoisotopic (exact) mass is 405 g/mol. The molecule has 9 heteroatoms. The highest BCUT2D eigenvalue weighted by Gasteiger charge is 2.59. The average molecular weight is 405 g/mol. The van der Waals surface area contributed by atoms with Gasteiger partial charge in [0.05, 0.1) is 0 Å². The Kier molecular flexibility index (Phi) is 4.78. The summed E-state index contributed by atoms with van der Waals surface area (Å²) >= 11 is 0. The van der Waals surface area contributed by atoms with Gasteiger partial charge in [0.25, 0.3) is 5.91 Å². The third-order valence-electron chi connectivity index (χ3n) is 6.36.